The van der Waals surface area contributed by atoms with Gasteiger partial charge in [0.25, 0.3) is 0 Å². The van der Waals surface area contributed by atoms with Gasteiger partial charge in [-0.05, 0) is 62.3 Å². The molecule has 3 heterocycles. The zero-order valence-electron chi connectivity index (χ0n) is 18.4. The number of anilines is 1. The van der Waals surface area contributed by atoms with Gasteiger partial charge in [0, 0.05) is 50.7 Å². The number of rotatable bonds is 7. The maximum Gasteiger partial charge on any atom is 0.213 e. The van der Waals surface area contributed by atoms with Gasteiger partial charge < -0.3 is 20.3 Å². The first-order valence-electron chi connectivity index (χ1n) is 10.9. The molecule has 4 rings (SSSR count). The zero-order chi connectivity index (χ0) is 20.8. The van der Waals surface area contributed by atoms with Crippen molar-refractivity contribution in [1.29, 1.82) is 0 Å². The van der Waals surface area contributed by atoms with Crippen LogP contribution in [0, 0.1) is 12.8 Å². The summed E-state index contributed by atoms with van der Waals surface area (Å²) >= 11 is 0. The molecule has 0 amide bonds. The Morgan fingerprint density at radius 3 is 2.71 bits per heavy atom. The standard InChI is InChI=1S/C23H32N6O.HI/c1-17-4-3-5-21(27-17)29-12-9-20(10-13-29)28-23(24-2)26-15-19-8-11-25-22(14-19)30-16-18-6-7-18;/h3-5,8,11,14,18,20H,6-7,9-10,12-13,15-16H2,1-2H3,(H2,24,26,28);1H. The fourth-order valence-electron chi connectivity index (χ4n) is 3.66. The van der Waals surface area contributed by atoms with Crippen LogP contribution in [0.15, 0.2) is 41.5 Å². The second kappa shape index (κ2) is 11.5. The lowest BCUT2D eigenvalue weighted by Crippen LogP contribution is -2.48. The van der Waals surface area contributed by atoms with E-state index in [0.29, 0.717) is 18.5 Å². The fourth-order valence-corrected chi connectivity index (χ4v) is 3.66. The third-order valence-corrected chi connectivity index (χ3v) is 5.68. The Morgan fingerprint density at radius 2 is 2.00 bits per heavy atom. The number of nitrogens with zero attached hydrogens (tertiary/aromatic N) is 4. The minimum atomic E-state index is 0. The summed E-state index contributed by atoms with van der Waals surface area (Å²) in [6.07, 6.45) is 6.49. The molecule has 0 radical (unpaired) electrons. The highest BCUT2D eigenvalue weighted by molar-refractivity contribution is 14.0. The van der Waals surface area contributed by atoms with Crippen LogP contribution < -0.4 is 20.3 Å². The van der Waals surface area contributed by atoms with Crippen molar-refractivity contribution in [2.45, 2.75) is 45.2 Å². The maximum absolute atomic E-state index is 5.78. The number of pyridine rings is 2. The molecule has 0 aromatic carbocycles. The van der Waals surface area contributed by atoms with Crippen LogP contribution in [0.25, 0.3) is 0 Å². The van der Waals surface area contributed by atoms with Gasteiger partial charge in [-0.2, -0.15) is 0 Å². The van der Waals surface area contributed by atoms with Crippen molar-refractivity contribution >= 4 is 35.8 Å². The molecule has 8 heteroatoms. The van der Waals surface area contributed by atoms with Crippen molar-refractivity contribution in [3.05, 3.63) is 47.8 Å². The second-order valence-corrected chi connectivity index (χ2v) is 8.23. The highest BCUT2D eigenvalue weighted by atomic mass is 127. The van der Waals surface area contributed by atoms with Crippen LogP contribution in [-0.4, -0.2) is 48.7 Å². The van der Waals surface area contributed by atoms with Crippen molar-refractivity contribution < 1.29 is 4.74 Å². The summed E-state index contributed by atoms with van der Waals surface area (Å²) in [6, 6.07) is 10.6. The van der Waals surface area contributed by atoms with Gasteiger partial charge in [-0.25, -0.2) is 9.97 Å². The van der Waals surface area contributed by atoms with E-state index in [1.54, 1.807) is 0 Å². The van der Waals surface area contributed by atoms with Crippen molar-refractivity contribution in [3.63, 3.8) is 0 Å². The summed E-state index contributed by atoms with van der Waals surface area (Å²) in [5.41, 5.74) is 2.20. The second-order valence-electron chi connectivity index (χ2n) is 8.23. The van der Waals surface area contributed by atoms with Crippen LogP contribution in [-0.2, 0) is 6.54 Å². The number of aromatic nitrogens is 2. The normalized spacial score (nSPS) is 17.1. The van der Waals surface area contributed by atoms with Crippen LogP contribution in [0.1, 0.15) is 36.9 Å². The molecular formula is C23H33IN6O. The molecule has 2 N–H and O–H groups in total. The smallest absolute Gasteiger partial charge is 0.213 e. The number of ether oxygens (including phenoxy) is 1. The van der Waals surface area contributed by atoms with E-state index in [2.05, 4.69) is 42.6 Å². The Labute approximate surface area is 202 Å². The number of guanidine groups is 1. The van der Waals surface area contributed by atoms with Crippen molar-refractivity contribution in [2.75, 3.05) is 31.6 Å². The average Bonchev–Trinajstić information content (AvgIpc) is 3.60. The third kappa shape index (κ3) is 7.22. The van der Waals surface area contributed by atoms with Gasteiger partial charge in [0.2, 0.25) is 5.88 Å². The van der Waals surface area contributed by atoms with E-state index >= 15 is 0 Å². The van der Waals surface area contributed by atoms with Gasteiger partial charge in [-0.3, -0.25) is 4.99 Å². The van der Waals surface area contributed by atoms with Crippen molar-refractivity contribution in [1.82, 2.24) is 20.6 Å². The SMILES string of the molecule is CN=C(NCc1ccnc(OCC2CC2)c1)NC1CCN(c2cccc(C)n2)CC1.I. The van der Waals surface area contributed by atoms with Crippen molar-refractivity contribution in [3.8, 4) is 5.88 Å². The lowest BCUT2D eigenvalue weighted by Gasteiger charge is -2.34. The average molecular weight is 536 g/mol. The molecule has 1 aliphatic heterocycles. The van der Waals surface area contributed by atoms with Crippen LogP contribution in [0.5, 0.6) is 5.88 Å². The number of aryl methyl sites for hydroxylation is 1. The van der Waals surface area contributed by atoms with Crippen LogP contribution in [0.3, 0.4) is 0 Å². The number of piperidine rings is 1. The summed E-state index contributed by atoms with van der Waals surface area (Å²) in [5, 5.41) is 6.98. The van der Waals surface area contributed by atoms with E-state index in [1.807, 2.05) is 38.4 Å². The molecular weight excluding hydrogens is 503 g/mol. The summed E-state index contributed by atoms with van der Waals surface area (Å²) in [7, 11) is 1.82. The largest absolute Gasteiger partial charge is 0.477 e. The van der Waals surface area contributed by atoms with Crippen molar-refractivity contribution in [2.24, 2.45) is 10.9 Å². The Bertz CT molecular complexity index is 865. The summed E-state index contributed by atoms with van der Waals surface area (Å²) in [4.78, 5) is 15.7. The van der Waals surface area contributed by atoms with Gasteiger partial charge in [-0.15, -0.1) is 24.0 Å². The highest BCUT2D eigenvalue weighted by Gasteiger charge is 2.22. The van der Waals surface area contributed by atoms with E-state index in [-0.39, 0.29) is 24.0 Å². The monoisotopic (exact) mass is 536 g/mol. The molecule has 2 aliphatic rings. The van der Waals surface area contributed by atoms with E-state index < -0.39 is 0 Å². The molecule has 0 spiro atoms. The summed E-state index contributed by atoms with van der Waals surface area (Å²) in [6.45, 7) is 5.50. The number of hydrogen-bond acceptors (Lipinski definition) is 5. The van der Waals surface area contributed by atoms with Gasteiger partial charge in [-0.1, -0.05) is 6.07 Å². The van der Waals surface area contributed by atoms with Crippen LogP contribution >= 0.6 is 24.0 Å². The molecule has 1 aliphatic carbocycles. The van der Waals surface area contributed by atoms with E-state index in [9.17, 15) is 0 Å². The number of halogens is 1. The van der Waals surface area contributed by atoms with E-state index in [1.165, 1.54) is 12.8 Å². The Hall–Kier alpha value is -2.10. The Balaban J connectivity index is 0.00000272. The van der Waals surface area contributed by atoms with E-state index in [4.69, 9.17) is 4.74 Å². The molecule has 0 atom stereocenters. The first-order valence-corrected chi connectivity index (χ1v) is 10.9. The number of nitrogens with one attached hydrogen (secondary N) is 2. The number of hydrogen-bond donors (Lipinski definition) is 2. The van der Waals surface area contributed by atoms with Gasteiger partial charge >= 0.3 is 0 Å². The predicted molar refractivity (Wildman–Crippen MR) is 135 cm³/mol. The first kappa shape index (κ1) is 23.6. The summed E-state index contributed by atoms with van der Waals surface area (Å²) < 4.78 is 5.78. The topological polar surface area (TPSA) is 74.7 Å². The van der Waals surface area contributed by atoms with Gasteiger partial charge in [0.1, 0.15) is 5.82 Å². The predicted octanol–water partition coefficient (Wildman–Crippen LogP) is 3.53. The molecule has 1 saturated carbocycles. The maximum atomic E-state index is 5.78. The molecule has 2 fully saturated rings. The lowest BCUT2D eigenvalue weighted by atomic mass is 10.1. The lowest BCUT2D eigenvalue weighted by molar-refractivity contribution is 0.288. The van der Waals surface area contributed by atoms with Gasteiger partial charge in [0.15, 0.2) is 5.96 Å². The molecule has 0 bridgehead atoms. The molecule has 7 nitrogen and oxygen atoms in total. The van der Waals surface area contributed by atoms with Crippen LogP contribution in [0.4, 0.5) is 5.82 Å². The highest BCUT2D eigenvalue weighted by Crippen LogP contribution is 2.29. The Morgan fingerprint density at radius 1 is 1.19 bits per heavy atom. The van der Waals surface area contributed by atoms with Gasteiger partial charge in [0.05, 0.1) is 6.61 Å². The van der Waals surface area contributed by atoms with Crippen LogP contribution in [0.2, 0.25) is 0 Å². The number of aliphatic imine (C=N–C) groups is 1. The summed E-state index contributed by atoms with van der Waals surface area (Å²) in [5.74, 6) is 3.35. The molecule has 31 heavy (non-hydrogen) atoms. The molecule has 2 aromatic rings. The third-order valence-electron chi connectivity index (χ3n) is 5.68. The first-order chi connectivity index (χ1) is 14.7. The molecule has 168 valence electrons. The minimum absolute atomic E-state index is 0. The quantitative estimate of drug-likeness (QED) is 0.321. The zero-order valence-corrected chi connectivity index (χ0v) is 20.7. The molecule has 1 saturated heterocycles. The Kier molecular flexibility index (Phi) is 8.74. The fraction of sp³-hybridized carbons (Fsp3) is 0.522. The molecule has 2 aromatic heterocycles. The minimum Gasteiger partial charge on any atom is -0.477 e. The van der Waals surface area contributed by atoms with E-state index in [0.717, 1.165) is 61.5 Å². The molecule has 0 unspecified atom stereocenters.